The van der Waals surface area contributed by atoms with Crippen LogP contribution in [-0.4, -0.2) is 0 Å². The first-order chi connectivity index (χ1) is 8.53. The average molecular weight is 259 g/mol. The summed E-state index contributed by atoms with van der Waals surface area (Å²) in [5, 5.41) is 0. The van der Waals surface area contributed by atoms with Gasteiger partial charge in [0, 0.05) is 0 Å². The molecule has 1 atom stereocenters. The predicted molar refractivity (Wildman–Crippen MR) is 89.3 cm³/mol. The fourth-order valence-corrected chi connectivity index (χ4v) is 1.34. The van der Waals surface area contributed by atoms with Gasteiger partial charge in [-0.05, 0) is 11.8 Å². The van der Waals surface area contributed by atoms with Crippen LogP contribution in [0.3, 0.4) is 0 Å². The van der Waals surface area contributed by atoms with Crippen LogP contribution in [0.5, 0.6) is 0 Å². The monoisotopic (exact) mass is 258 g/mol. The number of hydrogen-bond donors (Lipinski definition) is 0. The van der Waals surface area contributed by atoms with E-state index >= 15 is 0 Å². The van der Waals surface area contributed by atoms with Crippen molar-refractivity contribution in [1.29, 1.82) is 0 Å². The molecule has 0 heteroatoms. The van der Waals surface area contributed by atoms with Gasteiger partial charge in [-0.15, -0.1) is 0 Å². The topological polar surface area (TPSA) is 0 Å². The zero-order chi connectivity index (χ0) is 14.8. The van der Waals surface area contributed by atoms with E-state index in [1.165, 1.54) is 51.4 Å². The second kappa shape index (κ2) is 22.2. The Hall–Kier alpha value is 0. The Morgan fingerprint density at radius 3 is 1.00 bits per heavy atom. The molecular weight excluding hydrogens is 216 g/mol. The SMILES string of the molecule is CCC(C)CC.CCCC(C)CC.CCCCC. The average Bonchev–Trinajstić information content (AvgIpc) is 2.40. The lowest BCUT2D eigenvalue weighted by molar-refractivity contribution is 0.509. The van der Waals surface area contributed by atoms with E-state index in [0.717, 1.165) is 11.8 Å². The lowest BCUT2D eigenvalue weighted by Crippen LogP contribution is -1.88. The quantitative estimate of drug-likeness (QED) is 0.444. The smallest absolute Gasteiger partial charge is 0.0446 e. The molecule has 0 aliphatic carbocycles. The van der Waals surface area contributed by atoms with Gasteiger partial charge in [-0.25, -0.2) is 0 Å². The normalized spacial score (nSPS) is 11.2. The van der Waals surface area contributed by atoms with E-state index in [0.29, 0.717) is 0 Å². The fraction of sp³-hybridized carbons (Fsp3) is 1.00. The van der Waals surface area contributed by atoms with Crippen LogP contribution in [0, 0.1) is 11.8 Å². The van der Waals surface area contributed by atoms with Gasteiger partial charge < -0.3 is 0 Å². The molecule has 0 aromatic rings. The van der Waals surface area contributed by atoms with Crippen molar-refractivity contribution in [2.45, 2.75) is 107 Å². The van der Waals surface area contributed by atoms with Gasteiger partial charge in [0.25, 0.3) is 0 Å². The summed E-state index contributed by atoms with van der Waals surface area (Å²) in [7, 11) is 0. The van der Waals surface area contributed by atoms with Crippen molar-refractivity contribution >= 4 is 0 Å². The molecule has 0 aliphatic heterocycles. The Kier molecular flexibility index (Phi) is 28.5. The third-order valence-corrected chi connectivity index (χ3v) is 3.58. The molecule has 0 aliphatic rings. The summed E-state index contributed by atoms with van der Waals surface area (Å²) in [4.78, 5) is 0. The second-order valence-corrected chi connectivity index (χ2v) is 5.58. The summed E-state index contributed by atoms with van der Waals surface area (Å²) in [6, 6.07) is 0. The van der Waals surface area contributed by atoms with Crippen molar-refractivity contribution in [3.8, 4) is 0 Å². The highest BCUT2D eigenvalue weighted by atomic mass is 14.0. The van der Waals surface area contributed by atoms with Crippen molar-refractivity contribution in [1.82, 2.24) is 0 Å². The maximum absolute atomic E-state index is 2.31. The molecule has 18 heavy (non-hydrogen) atoms. The van der Waals surface area contributed by atoms with Crippen LogP contribution in [0.25, 0.3) is 0 Å². The highest BCUT2D eigenvalue weighted by molar-refractivity contribution is 4.45. The van der Waals surface area contributed by atoms with Gasteiger partial charge in [0.2, 0.25) is 0 Å². The Morgan fingerprint density at radius 1 is 0.556 bits per heavy atom. The van der Waals surface area contributed by atoms with Crippen LogP contribution >= 0.6 is 0 Å². The second-order valence-electron chi connectivity index (χ2n) is 5.58. The van der Waals surface area contributed by atoms with E-state index < -0.39 is 0 Å². The lowest BCUT2D eigenvalue weighted by Gasteiger charge is -2.02. The third-order valence-electron chi connectivity index (χ3n) is 3.58. The van der Waals surface area contributed by atoms with Crippen LogP contribution in [0.15, 0.2) is 0 Å². The molecule has 0 N–H and O–H groups in total. The predicted octanol–water partition coefficient (Wildman–Crippen LogP) is 7.47. The minimum absolute atomic E-state index is 0.935. The Bertz CT molecular complexity index is 101. The first-order valence-electron chi connectivity index (χ1n) is 8.53. The van der Waals surface area contributed by atoms with Gasteiger partial charge >= 0.3 is 0 Å². The van der Waals surface area contributed by atoms with Gasteiger partial charge in [-0.3, -0.25) is 0 Å². The molecule has 0 aromatic heterocycles. The third kappa shape index (κ3) is 29.8. The molecule has 0 fully saturated rings. The molecule has 0 saturated heterocycles. The van der Waals surface area contributed by atoms with Gasteiger partial charge in [0.15, 0.2) is 0 Å². The van der Waals surface area contributed by atoms with E-state index in [-0.39, 0.29) is 0 Å². The van der Waals surface area contributed by atoms with Gasteiger partial charge in [0.1, 0.15) is 0 Å². The summed E-state index contributed by atoms with van der Waals surface area (Å²) in [5.74, 6) is 1.88. The van der Waals surface area contributed by atoms with Crippen LogP contribution in [0.4, 0.5) is 0 Å². The molecule has 114 valence electrons. The molecule has 0 rings (SSSR count). The van der Waals surface area contributed by atoms with Gasteiger partial charge in [-0.2, -0.15) is 0 Å². The van der Waals surface area contributed by atoms with Gasteiger partial charge in [0.05, 0.1) is 0 Å². The van der Waals surface area contributed by atoms with Crippen molar-refractivity contribution in [3.05, 3.63) is 0 Å². The highest BCUT2D eigenvalue weighted by Gasteiger charge is 1.92. The molecule has 0 radical (unpaired) electrons. The summed E-state index contributed by atoms with van der Waals surface area (Å²) < 4.78 is 0. The van der Waals surface area contributed by atoms with Crippen LogP contribution in [-0.2, 0) is 0 Å². The fourth-order valence-electron chi connectivity index (χ4n) is 1.34. The number of unbranched alkanes of at least 4 members (excludes halogenated alkanes) is 2. The maximum Gasteiger partial charge on any atom is -0.0446 e. The van der Waals surface area contributed by atoms with E-state index in [2.05, 4.69) is 55.4 Å². The zero-order valence-electron chi connectivity index (χ0n) is 14.8. The minimum atomic E-state index is 0.935. The van der Waals surface area contributed by atoms with E-state index in [4.69, 9.17) is 0 Å². The Morgan fingerprint density at radius 2 is 0.944 bits per heavy atom. The molecule has 1 unspecified atom stereocenters. The summed E-state index contributed by atoms with van der Waals surface area (Å²) in [6.07, 6.45) is 10.8. The molecule has 0 spiro atoms. The molecule has 0 aromatic carbocycles. The van der Waals surface area contributed by atoms with Crippen molar-refractivity contribution < 1.29 is 0 Å². The molecule has 0 bridgehead atoms. The van der Waals surface area contributed by atoms with Crippen molar-refractivity contribution in [3.63, 3.8) is 0 Å². The largest absolute Gasteiger partial charge is 0.0654 e. The Labute approximate surface area is 119 Å². The highest BCUT2D eigenvalue weighted by Crippen LogP contribution is 2.07. The van der Waals surface area contributed by atoms with Crippen LogP contribution in [0.2, 0.25) is 0 Å². The van der Waals surface area contributed by atoms with Crippen LogP contribution in [0.1, 0.15) is 107 Å². The zero-order valence-corrected chi connectivity index (χ0v) is 14.8. The van der Waals surface area contributed by atoms with Crippen molar-refractivity contribution in [2.24, 2.45) is 11.8 Å². The molecule has 0 saturated carbocycles. The van der Waals surface area contributed by atoms with Crippen molar-refractivity contribution in [2.75, 3.05) is 0 Å². The molecule has 0 amide bonds. The lowest BCUT2D eigenvalue weighted by atomic mass is 10.0. The van der Waals surface area contributed by atoms with E-state index in [9.17, 15) is 0 Å². The van der Waals surface area contributed by atoms with E-state index in [1.807, 2.05) is 0 Å². The first-order valence-corrected chi connectivity index (χ1v) is 8.53. The van der Waals surface area contributed by atoms with Crippen LogP contribution < -0.4 is 0 Å². The van der Waals surface area contributed by atoms with E-state index in [1.54, 1.807) is 0 Å². The number of hydrogen-bond acceptors (Lipinski definition) is 0. The molecular formula is C18H42. The van der Waals surface area contributed by atoms with Gasteiger partial charge in [-0.1, -0.05) is 107 Å². The Balaban J connectivity index is -0.000000190. The molecule has 0 nitrogen and oxygen atoms in total. The summed E-state index contributed by atoms with van der Waals surface area (Å²) in [6.45, 7) is 18.0. The summed E-state index contributed by atoms with van der Waals surface area (Å²) >= 11 is 0. The minimum Gasteiger partial charge on any atom is -0.0654 e. The standard InChI is InChI=1S/C7H16.C6H14.C5H12/c1-4-6-7(3)5-2;1-4-6(3)5-2;1-3-5-4-2/h7H,4-6H2,1-3H3;6H,4-5H2,1-3H3;3-5H2,1-2H3. The summed E-state index contributed by atoms with van der Waals surface area (Å²) in [5.41, 5.74) is 0. The number of rotatable bonds is 7. The maximum atomic E-state index is 2.31. The first kappa shape index (κ1) is 23.1. The molecule has 0 heterocycles.